The van der Waals surface area contributed by atoms with Crippen LogP contribution in [0.5, 0.6) is 0 Å². The Balaban J connectivity index is 1.77. The van der Waals surface area contributed by atoms with Crippen molar-refractivity contribution in [1.82, 2.24) is 19.7 Å². The van der Waals surface area contributed by atoms with Crippen molar-refractivity contribution in [1.29, 1.82) is 0 Å². The number of ether oxygens (including phenoxy) is 1. The molecule has 1 fully saturated rings. The average molecular weight is 438 g/mol. The Hall–Kier alpha value is -3.59. The molecule has 1 aromatic heterocycles. The molecular weight excluding hydrogens is 415 g/mol. The van der Waals surface area contributed by atoms with Crippen LogP contribution in [0.2, 0.25) is 0 Å². The Morgan fingerprint density at radius 3 is 2.75 bits per heavy atom. The summed E-state index contributed by atoms with van der Waals surface area (Å²) in [5.41, 5.74) is -0.273. The van der Waals surface area contributed by atoms with Crippen LogP contribution in [0, 0.1) is 12.7 Å². The van der Waals surface area contributed by atoms with Gasteiger partial charge in [-0.2, -0.15) is 9.78 Å². The fourth-order valence-electron chi connectivity index (χ4n) is 3.64. The van der Waals surface area contributed by atoms with Gasteiger partial charge in [0.2, 0.25) is 5.69 Å². The summed E-state index contributed by atoms with van der Waals surface area (Å²) in [6, 6.07) is 12.6. The third-order valence-corrected chi connectivity index (χ3v) is 5.27. The first-order chi connectivity index (χ1) is 15.4. The van der Waals surface area contributed by atoms with Crippen molar-refractivity contribution in [3.63, 3.8) is 0 Å². The van der Waals surface area contributed by atoms with E-state index in [1.165, 1.54) is 18.2 Å². The molecule has 2 aromatic carbocycles. The minimum absolute atomic E-state index is 0.115. The summed E-state index contributed by atoms with van der Waals surface area (Å²) in [6.45, 7) is 2.53. The van der Waals surface area contributed by atoms with E-state index >= 15 is 0 Å². The third kappa shape index (κ3) is 4.67. The maximum atomic E-state index is 13.7. The zero-order valence-corrected chi connectivity index (χ0v) is 17.6. The lowest BCUT2D eigenvalue weighted by atomic mass is 10.2. The molecule has 166 valence electrons. The van der Waals surface area contributed by atoms with E-state index in [-0.39, 0.29) is 19.2 Å². The maximum absolute atomic E-state index is 13.7. The van der Waals surface area contributed by atoms with E-state index in [2.05, 4.69) is 10.4 Å². The summed E-state index contributed by atoms with van der Waals surface area (Å²) in [5, 5.41) is 6.77. The standard InChI is InChI=1S/C23H23FN4O4/c1-15-5-2-8-18(11-15)28-23(31)27(14-16-6-3-7-17(24)12-16)22(30)20(26-28)21(29)25-13-19-9-4-10-32-19/h2-3,5-8,11-12,19H,4,9-10,13-14H2,1H3,(H,25,29)/t19-/m1/s1. The van der Waals surface area contributed by atoms with Crippen molar-refractivity contribution in [3.05, 3.63) is 92.0 Å². The van der Waals surface area contributed by atoms with Gasteiger partial charge in [0, 0.05) is 13.2 Å². The van der Waals surface area contributed by atoms with Crippen LogP contribution in [0.3, 0.4) is 0 Å². The van der Waals surface area contributed by atoms with E-state index in [4.69, 9.17) is 4.74 Å². The highest BCUT2D eigenvalue weighted by Crippen LogP contribution is 2.11. The van der Waals surface area contributed by atoms with E-state index in [1.807, 2.05) is 13.0 Å². The normalized spacial score (nSPS) is 15.6. The number of carbonyl (C=O) groups is 1. The predicted molar refractivity (Wildman–Crippen MR) is 116 cm³/mol. The van der Waals surface area contributed by atoms with Crippen LogP contribution in [0.25, 0.3) is 5.69 Å². The van der Waals surface area contributed by atoms with Crippen LogP contribution in [0.15, 0.2) is 58.1 Å². The second kappa shape index (κ2) is 9.27. The zero-order valence-electron chi connectivity index (χ0n) is 17.6. The smallest absolute Gasteiger partial charge is 0.352 e. The molecule has 1 aliphatic rings. The largest absolute Gasteiger partial charge is 0.376 e. The molecule has 32 heavy (non-hydrogen) atoms. The molecule has 0 spiro atoms. The van der Waals surface area contributed by atoms with E-state index in [0.717, 1.165) is 27.7 Å². The molecule has 8 nitrogen and oxygen atoms in total. The van der Waals surface area contributed by atoms with Gasteiger partial charge in [-0.25, -0.2) is 9.18 Å². The molecule has 1 atom stereocenters. The Morgan fingerprint density at radius 1 is 1.22 bits per heavy atom. The number of carbonyl (C=O) groups excluding carboxylic acids is 1. The van der Waals surface area contributed by atoms with E-state index in [0.29, 0.717) is 17.9 Å². The average Bonchev–Trinajstić information content (AvgIpc) is 3.29. The minimum atomic E-state index is -0.840. The first-order valence-electron chi connectivity index (χ1n) is 10.4. The predicted octanol–water partition coefficient (Wildman–Crippen LogP) is 1.80. The van der Waals surface area contributed by atoms with Crippen LogP contribution in [-0.2, 0) is 11.3 Å². The van der Waals surface area contributed by atoms with E-state index < -0.39 is 28.7 Å². The SMILES string of the molecule is Cc1cccc(-n2nc(C(=O)NC[C@H]3CCCO3)c(=O)n(Cc3cccc(F)c3)c2=O)c1. The highest BCUT2D eigenvalue weighted by Gasteiger charge is 2.22. The topological polar surface area (TPSA) is 95.2 Å². The van der Waals surface area contributed by atoms with E-state index in [1.54, 1.807) is 24.3 Å². The van der Waals surface area contributed by atoms with Crippen molar-refractivity contribution >= 4 is 5.91 Å². The number of hydrogen-bond acceptors (Lipinski definition) is 5. The van der Waals surface area contributed by atoms with Crippen LogP contribution in [0.1, 0.15) is 34.5 Å². The molecule has 0 bridgehead atoms. The first kappa shape index (κ1) is 21.6. The molecule has 9 heteroatoms. The fourth-order valence-corrected chi connectivity index (χ4v) is 3.64. The van der Waals surface area contributed by atoms with Crippen molar-refractivity contribution in [3.8, 4) is 5.69 Å². The zero-order chi connectivity index (χ0) is 22.7. The Labute approximate surface area is 183 Å². The number of benzene rings is 2. The van der Waals surface area contributed by atoms with Gasteiger partial charge in [-0.15, -0.1) is 0 Å². The molecule has 2 heterocycles. The lowest BCUT2D eigenvalue weighted by molar-refractivity contribution is 0.0849. The Bertz CT molecular complexity index is 1260. The van der Waals surface area contributed by atoms with Crippen LogP contribution in [-0.4, -0.2) is 39.5 Å². The molecule has 0 aliphatic carbocycles. The Morgan fingerprint density at radius 2 is 2.03 bits per heavy atom. The van der Waals surface area contributed by atoms with Crippen LogP contribution < -0.4 is 16.6 Å². The number of nitrogens with zero attached hydrogens (tertiary/aromatic N) is 3. The van der Waals surface area contributed by atoms with Gasteiger partial charge in [0.1, 0.15) is 5.82 Å². The summed E-state index contributed by atoms with van der Waals surface area (Å²) < 4.78 is 21.1. The van der Waals surface area contributed by atoms with Crippen molar-refractivity contribution in [2.24, 2.45) is 0 Å². The lowest BCUT2D eigenvalue weighted by Gasteiger charge is -2.14. The van der Waals surface area contributed by atoms with Crippen LogP contribution in [0.4, 0.5) is 4.39 Å². The molecule has 0 saturated carbocycles. The first-order valence-corrected chi connectivity index (χ1v) is 10.4. The number of nitrogens with one attached hydrogen (secondary N) is 1. The van der Waals surface area contributed by atoms with Gasteiger partial charge in [-0.1, -0.05) is 24.3 Å². The van der Waals surface area contributed by atoms with Gasteiger partial charge in [0.05, 0.1) is 18.3 Å². The molecule has 1 amide bonds. The van der Waals surface area contributed by atoms with Crippen LogP contribution >= 0.6 is 0 Å². The molecule has 1 saturated heterocycles. The highest BCUT2D eigenvalue weighted by atomic mass is 19.1. The van der Waals surface area contributed by atoms with Gasteiger partial charge < -0.3 is 10.1 Å². The van der Waals surface area contributed by atoms with Gasteiger partial charge in [-0.3, -0.25) is 14.2 Å². The van der Waals surface area contributed by atoms with Crippen molar-refractivity contribution < 1.29 is 13.9 Å². The number of halogens is 1. The molecular formula is C23H23FN4O4. The number of rotatable bonds is 6. The maximum Gasteiger partial charge on any atom is 0.352 e. The summed E-state index contributed by atoms with van der Waals surface area (Å²) in [6.07, 6.45) is 1.62. The van der Waals surface area contributed by atoms with Crippen molar-refractivity contribution in [2.75, 3.05) is 13.2 Å². The fraction of sp³-hybridized carbons (Fsp3) is 0.304. The number of hydrogen-bond donors (Lipinski definition) is 1. The lowest BCUT2D eigenvalue weighted by Crippen LogP contribution is -2.46. The quantitative estimate of drug-likeness (QED) is 0.633. The summed E-state index contributed by atoms with van der Waals surface area (Å²) in [5.74, 6) is -1.18. The van der Waals surface area contributed by atoms with Gasteiger partial charge in [0.15, 0.2) is 0 Å². The molecule has 4 rings (SSSR count). The second-order valence-electron chi connectivity index (χ2n) is 7.75. The Kier molecular flexibility index (Phi) is 6.27. The minimum Gasteiger partial charge on any atom is -0.376 e. The van der Waals surface area contributed by atoms with Gasteiger partial charge >= 0.3 is 5.69 Å². The summed E-state index contributed by atoms with van der Waals surface area (Å²) in [4.78, 5) is 39.0. The van der Waals surface area contributed by atoms with E-state index in [9.17, 15) is 18.8 Å². The highest BCUT2D eigenvalue weighted by molar-refractivity contribution is 5.91. The monoisotopic (exact) mass is 438 g/mol. The summed E-state index contributed by atoms with van der Waals surface area (Å²) in [7, 11) is 0. The van der Waals surface area contributed by atoms with Gasteiger partial charge in [0.25, 0.3) is 11.5 Å². The molecule has 0 unspecified atom stereocenters. The molecule has 0 radical (unpaired) electrons. The molecule has 3 aromatic rings. The number of aryl methyl sites for hydroxylation is 1. The van der Waals surface area contributed by atoms with Crippen molar-refractivity contribution in [2.45, 2.75) is 32.4 Å². The summed E-state index contributed by atoms with van der Waals surface area (Å²) >= 11 is 0. The second-order valence-corrected chi connectivity index (χ2v) is 7.75. The van der Waals surface area contributed by atoms with Gasteiger partial charge in [-0.05, 0) is 55.2 Å². The molecule has 1 N–H and O–H groups in total. The number of amides is 1. The third-order valence-electron chi connectivity index (χ3n) is 5.27. The molecule has 1 aliphatic heterocycles. The number of aromatic nitrogens is 3.